The summed E-state index contributed by atoms with van der Waals surface area (Å²) < 4.78 is 0. The van der Waals surface area contributed by atoms with E-state index in [0.29, 0.717) is 0 Å². The fraction of sp³-hybridized carbons (Fsp3) is 0. The van der Waals surface area contributed by atoms with Crippen molar-refractivity contribution in [1.29, 1.82) is 0 Å². The molecule has 176 valence electrons. The Morgan fingerprint density at radius 2 is 0.711 bits per heavy atom. The lowest BCUT2D eigenvalue weighted by atomic mass is 9.87. The molecule has 0 aliphatic rings. The van der Waals surface area contributed by atoms with Gasteiger partial charge in [0.25, 0.3) is 0 Å². The van der Waals surface area contributed by atoms with Gasteiger partial charge in [0.1, 0.15) is 0 Å². The zero-order valence-corrected chi connectivity index (χ0v) is 20.9. The highest BCUT2D eigenvalue weighted by molar-refractivity contribution is 6.16. The molecule has 0 radical (unpaired) electrons. The lowest BCUT2D eigenvalue weighted by Crippen LogP contribution is -1.90. The van der Waals surface area contributed by atoms with Gasteiger partial charge < -0.3 is 0 Å². The number of hydrogen-bond acceptors (Lipinski definition) is 0. The SMILES string of the molecule is c1ccc2cc(-c3cc4ccccc4c4ccccc34)c(-c3ccc4cc5ccccc5cc4c3)cc2c1. The standard InChI is InChI=1S/C38H24/c1-2-10-26-20-32-21-31(18-17-29(32)19-25(26)9-1)36-22-27-11-3-4-12-28(27)23-38(36)37-24-30-13-5-6-14-33(30)34-15-7-8-16-35(34)37/h1-24H. The minimum absolute atomic E-state index is 1.24. The highest BCUT2D eigenvalue weighted by atomic mass is 14.2. The topological polar surface area (TPSA) is 0 Å². The normalized spacial score (nSPS) is 11.7. The molecule has 0 unspecified atom stereocenters. The third kappa shape index (κ3) is 3.31. The van der Waals surface area contributed by atoms with Gasteiger partial charge in [-0.2, -0.15) is 0 Å². The molecule has 38 heavy (non-hydrogen) atoms. The van der Waals surface area contributed by atoms with E-state index in [1.54, 1.807) is 0 Å². The van der Waals surface area contributed by atoms with E-state index in [-0.39, 0.29) is 0 Å². The lowest BCUT2D eigenvalue weighted by molar-refractivity contribution is 1.65. The van der Waals surface area contributed by atoms with Gasteiger partial charge in [-0.15, -0.1) is 0 Å². The molecule has 0 bridgehead atoms. The molecule has 0 fully saturated rings. The minimum atomic E-state index is 1.24. The van der Waals surface area contributed by atoms with Crippen molar-refractivity contribution in [1.82, 2.24) is 0 Å². The first-order valence-corrected chi connectivity index (χ1v) is 13.2. The van der Waals surface area contributed by atoms with E-state index in [4.69, 9.17) is 0 Å². The maximum atomic E-state index is 2.38. The summed E-state index contributed by atoms with van der Waals surface area (Å²) in [6, 6.07) is 53.5. The number of fused-ring (bicyclic) bond motifs is 6. The molecule has 8 aromatic carbocycles. The third-order valence-corrected chi connectivity index (χ3v) is 7.96. The van der Waals surface area contributed by atoms with Crippen molar-refractivity contribution in [2.45, 2.75) is 0 Å². The smallest absolute Gasteiger partial charge is 0.00926 e. The Labute approximate surface area is 221 Å². The van der Waals surface area contributed by atoms with E-state index in [1.807, 2.05) is 0 Å². The van der Waals surface area contributed by atoms with E-state index in [1.165, 1.54) is 76.1 Å². The summed E-state index contributed by atoms with van der Waals surface area (Å²) in [5.41, 5.74) is 5.05. The Balaban J connectivity index is 1.46. The van der Waals surface area contributed by atoms with E-state index < -0.39 is 0 Å². The van der Waals surface area contributed by atoms with E-state index in [0.717, 1.165) is 0 Å². The molecule has 0 N–H and O–H groups in total. The highest BCUT2D eigenvalue weighted by Gasteiger charge is 2.15. The van der Waals surface area contributed by atoms with E-state index in [9.17, 15) is 0 Å². The second-order valence-corrected chi connectivity index (χ2v) is 10.2. The molecule has 0 aliphatic carbocycles. The van der Waals surface area contributed by atoms with E-state index in [2.05, 4.69) is 146 Å². The molecule has 0 saturated carbocycles. The van der Waals surface area contributed by atoms with Crippen LogP contribution in [0.2, 0.25) is 0 Å². The Morgan fingerprint density at radius 3 is 1.42 bits per heavy atom. The fourth-order valence-electron chi connectivity index (χ4n) is 6.09. The van der Waals surface area contributed by atoms with Crippen LogP contribution in [0.4, 0.5) is 0 Å². The minimum Gasteiger partial charge on any atom is -0.0616 e. The van der Waals surface area contributed by atoms with Gasteiger partial charge in [-0.1, -0.05) is 109 Å². The molecule has 0 heteroatoms. The Hall–Kier alpha value is -4.94. The summed E-state index contributed by atoms with van der Waals surface area (Å²) in [6.45, 7) is 0. The predicted octanol–water partition coefficient (Wildman–Crippen LogP) is 10.8. The largest absolute Gasteiger partial charge is 0.0616 e. The Kier molecular flexibility index (Phi) is 4.62. The summed E-state index contributed by atoms with van der Waals surface area (Å²) in [5, 5.41) is 12.8. The summed E-state index contributed by atoms with van der Waals surface area (Å²) in [4.78, 5) is 0. The second kappa shape index (κ2) is 8.30. The molecule has 0 nitrogen and oxygen atoms in total. The molecule has 0 spiro atoms. The first kappa shape index (κ1) is 21.2. The van der Waals surface area contributed by atoms with Gasteiger partial charge >= 0.3 is 0 Å². The molecule has 0 saturated heterocycles. The first-order valence-electron chi connectivity index (χ1n) is 13.2. The van der Waals surface area contributed by atoms with Crippen LogP contribution in [-0.2, 0) is 0 Å². The Bertz CT molecular complexity index is 2180. The van der Waals surface area contributed by atoms with Crippen LogP contribution in [0.1, 0.15) is 0 Å². The van der Waals surface area contributed by atoms with Crippen LogP contribution < -0.4 is 0 Å². The number of hydrogen-bond donors (Lipinski definition) is 0. The third-order valence-electron chi connectivity index (χ3n) is 7.96. The monoisotopic (exact) mass is 480 g/mol. The van der Waals surface area contributed by atoms with Crippen LogP contribution >= 0.6 is 0 Å². The van der Waals surface area contributed by atoms with Gasteiger partial charge in [0.15, 0.2) is 0 Å². The average Bonchev–Trinajstić information content (AvgIpc) is 2.98. The molecule has 8 aromatic rings. The van der Waals surface area contributed by atoms with Gasteiger partial charge in [0.2, 0.25) is 0 Å². The van der Waals surface area contributed by atoms with Gasteiger partial charge in [-0.05, 0) is 113 Å². The maximum absolute atomic E-state index is 2.38. The molecule has 0 amide bonds. The van der Waals surface area contributed by atoms with Gasteiger partial charge in [-0.25, -0.2) is 0 Å². The zero-order valence-electron chi connectivity index (χ0n) is 20.9. The highest BCUT2D eigenvalue weighted by Crippen LogP contribution is 2.42. The van der Waals surface area contributed by atoms with Crippen LogP contribution in [0.15, 0.2) is 146 Å². The van der Waals surface area contributed by atoms with Crippen molar-refractivity contribution in [3.05, 3.63) is 146 Å². The molecular formula is C38H24. The molecular weight excluding hydrogens is 456 g/mol. The van der Waals surface area contributed by atoms with E-state index >= 15 is 0 Å². The first-order chi connectivity index (χ1) is 18.8. The summed E-state index contributed by atoms with van der Waals surface area (Å²) in [7, 11) is 0. The maximum Gasteiger partial charge on any atom is -0.00926 e. The van der Waals surface area contributed by atoms with Crippen molar-refractivity contribution in [3.63, 3.8) is 0 Å². The summed E-state index contributed by atoms with van der Waals surface area (Å²) in [5.74, 6) is 0. The van der Waals surface area contributed by atoms with Crippen LogP contribution in [-0.4, -0.2) is 0 Å². The Morgan fingerprint density at radius 1 is 0.237 bits per heavy atom. The van der Waals surface area contributed by atoms with Crippen LogP contribution in [0.25, 0.3) is 76.1 Å². The lowest BCUT2D eigenvalue weighted by Gasteiger charge is -2.17. The van der Waals surface area contributed by atoms with Crippen molar-refractivity contribution >= 4 is 53.9 Å². The molecule has 0 aliphatic heterocycles. The van der Waals surface area contributed by atoms with Crippen LogP contribution in [0.3, 0.4) is 0 Å². The van der Waals surface area contributed by atoms with Gasteiger partial charge in [-0.3, -0.25) is 0 Å². The fourth-order valence-corrected chi connectivity index (χ4v) is 6.09. The van der Waals surface area contributed by atoms with Crippen molar-refractivity contribution < 1.29 is 0 Å². The molecule has 0 aromatic heterocycles. The number of benzene rings is 8. The molecule has 0 heterocycles. The van der Waals surface area contributed by atoms with Crippen molar-refractivity contribution in [2.75, 3.05) is 0 Å². The van der Waals surface area contributed by atoms with Crippen molar-refractivity contribution in [3.8, 4) is 22.3 Å². The average molecular weight is 481 g/mol. The summed E-state index contributed by atoms with van der Waals surface area (Å²) in [6.07, 6.45) is 0. The second-order valence-electron chi connectivity index (χ2n) is 10.2. The van der Waals surface area contributed by atoms with Crippen molar-refractivity contribution in [2.24, 2.45) is 0 Å². The summed E-state index contributed by atoms with van der Waals surface area (Å²) >= 11 is 0. The van der Waals surface area contributed by atoms with Crippen LogP contribution in [0, 0.1) is 0 Å². The quantitative estimate of drug-likeness (QED) is 0.170. The molecule has 0 atom stereocenters. The molecule has 8 rings (SSSR count). The predicted molar refractivity (Wildman–Crippen MR) is 165 cm³/mol. The van der Waals surface area contributed by atoms with Gasteiger partial charge in [0, 0.05) is 0 Å². The number of rotatable bonds is 2. The van der Waals surface area contributed by atoms with Gasteiger partial charge in [0.05, 0.1) is 0 Å². The zero-order chi connectivity index (χ0) is 25.1. The van der Waals surface area contributed by atoms with Crippen LogP contribution in [0.5, 0.6) is 0 Å².